The highest BCUT2D eigenvalue weighted by Crippen LogP contribution is 2.48. The van der Waals surface area contributed by atoms with Crippen LogP contribution < -0.4 is 0 Å². The fraction of sp³-hybridized carbons (Fsp3) is 0.471. The first-order valence-corrected chi connectivity index (χ1v) is 7.57. The zero-order valence-corrected chi connectivity index (χ0v) is 13.2. The minimum Gasteiger partial charge on any atom is -0.469 e. The van der Waals surface area contributed by atoms with E-state index in [0.29, 0.717) is 12.8 Å². The molecule has 2 aliphatic rings. The quantitative estimate of drug-likeness (QED) is 0.618. The largest absolute Gasteiger partial charge is 0.469 e. The molecule has 6 heteroatoms. The zero-order chi connectivity index (χ0) is 16.6. The summed E-state index contributed by atoms with van der Waals surface area (Å²) in [5.41, 5.74) is 0.401. The maximum Gasteiger partial charge on any atom is 0.330 e. The molecule has 1 unspecified atom stereocenters. The number of hydrogen-bond acceptors (Lipinski definition) is 5. The van der Waals surface area contributed by atoms with Crippen molar-refractivity contribution in [2.75, 3.05) is 7.11 Å². The van der Waals surface area contributed by atoms with Crippen LogP contribution in [0.3, 0.4) is 0 Å². The highest BCUT2D eigenvalue weighted by Gasteiger charge is 2.63. The number of carbonyl (C=O) groups is 3. The number of β-lactam (4-membered cyclic amide) rings is 1. The molecule has 1 aromatic rings. The van der Waals surface area contributed by atoms with E-state index in [1.54, 1.807) is 0 Å². The van der Waals surface area contributed by atoms with E-state index in [1.165, 1.54) is 12.0 Å². The predicted octanol–water partition coefficient (Wildman–Crippen LogP) is 1.28. The van der Waals surface area contributed by atoms with E-state index in [0.717, 1.165) is 5.56 Å². The van der Waals surface area contributed by atoms with Gasteiger partial charge in [-0.25, -0.2) is 4.79 Å². The summed E-state index contributed by atoms with van der Waals surface area (Å²) in [4.78, 5) is 37.9. The first kappa shape index (κ1) is 15.5. The van der Waals surface area contributed by atoms with Gasteiger partial charge in [0.1, 0.15) is 12.6 Å². The monoisotopic (exact) mass is 317 g/mol. The Morgan fingerprint density at radius 1 is 1.26 bits per heavy atom. The van der Waals surface area contributed by atoms with Crippen molar-refractivity contribution in [1.82, 2.24) is 4.90 Å². The van der Waals surface area contributed by atoms with Crippen LogP contribution in [-0.4, -0.2) is 41.4 Å². The second-order valence-corrected chi connectivity index (χ2v) is 6.31. The molecule has 23 heavy (non-hydrogen) atoms. The van der Waals surface area contributed by atoms with E-state index >= 15 is 0 Å². The number of carbonyl (C=O) groups excluding carboxylic acids is 3. The van der Waals surface area contributed by atoms with Crippen molar-refractivity contribution in [1.29, 1.82) is 0 Å². The van der Waals surface area contributed by atoms with Gasteiger partial charge in [-0.15, -0.1) is 0 Å². The number of amides is 1. The molecule has 0 aromatic heterocycles. The molecule has 1 aromatic carbocycles. The molecule has 1 amide bonds. The van der Waals surface area contributed by atoms with Crippen molar-refractivity contribution in [3.8, 4) is 0 Å². The van der Waals surface area contributed by atoms with Gasteiger partial charge in [0.25, 0.3) is 0 Å². The molecule has 3 rings (SSSR count). The average molecular weight is 317 g/mol. The van der Waals surface area contributed by atoms with Gasteiger partial charge < -0.3 is 14.4 Å². The summed E-state index contributed by atoms with van der Waals surface area (Å²) in [6.07, 6.45) is 0.777. The van der Waals surface area contributed by atoms with Crippen LogP contribution in [0.4, 0.5) is 0 Å². The SMILES string of the molecule is COC(=O)C1C[C@]2(C)CC(=O)N2[C@H]1C(=O)OCc1ccccc1. The molecule has 2 aliphatic heterocycles. The smallest absolute Gasteiger partial charge is 0.330 e. The predicted molar refractivity (Wildman–Crippen MR) is 80.0 cm³/mol. The van der Waals surface area contributed by atoms with Crippen molar-refractivity contribution in [2.24, 2.45) is 5.92 Å². The van der Waals surface area contributed by atoms with Crippen molar-refractivity contribution in [2.45, 2.75) is 38.0 Å². The minimum atomic E-state index is -0.891. The number of esters is 2. The highest BCUT2D eigenvalue weighted by atomic mass is 16.5. The van der Waals surface area contributed by atoms with E-state index in [-0.39, 0.29) is 12.5 Å². The Balaban J connectivity index is 1.75. The molecular formula is C17H19NO5. The lowest BCUT2D eigenvalue weighted by atomic mass is 9.85. The Hall–Kier alpha value is -2.37. The zero-order valence-electron chi connectivity index (χ0n) is 13.2. The fourth-order valence-electron chi connectivity index (χ4n) is 3.58. The van der Waals surface area contributed by atoms with E-state index in [4.69, 9.17) is 9.47 Å². The second kappa shape index (κ2) is 5.68. The number of hydrogen-bond donors (Lipinski definition) is 0. The Labute approximate surface area is 134 Å². The molecule has 0 saturated carbocycles. The molecule has 6 nitrogen and oxygen atoms in total. The molecule has 0 bridgehead atoms. The molecular weight excluding hydrogens is 298 g/mol. The van der Waals surface area contributed by atoms with Gasteiger partial charge in [-0.05, 0) is 18.9 Å². The van der Waals surface area contributed by atoms with Crippen molar-refractivity contribution in [3.05, 3.63) is 35.9 Å². The van der Waals surface area contributed by atoms with E-state index in [1.807, 2.05) is 37.3 Å². The van der Waals surface area contributed by atoms with Crippen molar-refractivity contribution in [3.63, 3.8) is 0 Å². The number of benzene rings is 1. The van der Waals surface area contributed by atoms with Crippen LogP contribution in [0, 0.1) is 5.92 Å². The molecule has 2 fully saturated rings. The normalized spacial score (nSPS) is 28.8. The topological polar surface area (TPSA) is 72.9 Å². The van der Waals surface area contributed by atoms with Crippen LogP contribution in [0.1, 0.15) is 25.3 Å². The lowest BCUT2D eigenvalue weighted by molar-refractivity contribution is -0.169. The standard InChI is InChI=1S/C17H19NO5/c1-17-8-12(15(20)22-2)14(18(17)13(19)9-17)16(21)23-10-11-6-4-3-5-7-11/h3-7,12,14H,8-10H2,1-2H3/t12?,14-,17-/m1/s1. The average Bonchev–Trinajstić information content (AvgIpc) is 2.80. The molecule has 2 heterocycles. The molecule has 0 N–H and O–H groups in total. The highest BCUT2D eigenvalue weighted by molar-refractivity contribution is 5.95. The van der Waals surface area contributed by atoms with Gasteiger partial charge in [0.2, 0.25) is 5.91 Å². The summed E-state index contributed by atoms with van der Waals surface area (Å²) >= 11 is 0. The number of rotatable bonds is 4. The van der Waals surface area contributed by atoms with Gasteiger partial charge >= 0.3 is 11.9 Å². The number of fused-ring (bicyclic) bond motifs is 1. The van der Waals surface area contributed by atoms with Crippen LogP contribution in [0.2, 0.25) is 0 Å². The summed E-state index contributed by atoms with van der Waals surface area (Å²) in [5, 5.41) is 0. The molecule has 0 radical (unpaired) electrons. The summed E-state index contributed by atoms with van der Waals surface area (Å²) in [6, 6.07) is 8.38. The van der Waals surface area contributed by atoms with Crippen LogP contribution in [0.5, 0.6) is 0 Å². The van der Waals surface area contributed by atoms with Crippen molar-refractivity contribution >= 4 is 17.8 Å². The number of ether oxygens (including phenoxy) is 2. The second-order valence-electron chi connectivity index (χ2n) is 6.31. The molecule has 0 spiro atoms. The molecule has 0 aliphatic carbocycles. The van der Waals surface area contributed by atoms with Crippen LogP contribution in [0.15, 0.2) is 30.3 Å². The summed E-state index contributed by atoms with van der Waals surface area (Å²) in [5.74, 6) is -1.82. The van der Waals surface area contributed by atoms with Gasteiger partial charge in [-0.1, -0.05) is 30.3 Å². The first-order valence-electron chi connectivity index (χ1n) is 7.57. The maximum absolute atomic E-state index is 12.5. The van der Waals surface area contributed by atoms with Gasteiger partial charge in [-0.2, -0.15) is 0 Å². The third-order valence-electron chi connectivity index (χ3n) is 4.67. The Morgan fingerprint density at radius 3 is 2.57 bits per heavy atom. The first-order chi connectivity index (χ1) is 11.0. The lowest BCUT2D eigenvalue weighted by Crippen LogP contribution is -2.62. The summed E-state index contributed by atoms with van der Waals surface area (Å²) in [6.45, 7) is 2.00. The Morgan fingerprint density at radius 2 is 1.96 bits per heavy atom. The van der Waals surface area contributed by atoms with E-state index in [9.17, 15) is 14.4 Å². The summed E-state index contributed by atoms with van der Waals surface area (Å²) in [7, 11) is 1.29. The third kappa shape index (κ3) is 2.58. The Kier molecular flexibility index (Phi) is 3.83. The van der Waals surface area contributed by atoms with E-state index < -0.39 is 29.4 Å². The molecule has 3 atom stereocenters. The minimum absolute atomic E-state index is 0.114. The van der Waals surface area contributed by atoms with Crippen molar-refractivity contribution < 1.29 is 23.9 Å². The number of methoxy groups -OCH3 is 1. The van der Waals surface area contributed by atoms with Crippen LogP contribution in [-0.2, 0) is 30.5 Å². The Bertz CT molecular complexity index is 644. The third-order valence-corrected chi connectivity index (χ3v) is 4.67. The van der Waals surface area contributed by atoms with Crippen LogP contribution in [0.25, 0.3) is 0 Å². The fourth-order valence-corrected chi connectivity index (χ4v) is 3.58. The van der Waals surface area contributed by atoms with Crippen LogP contribution >= 0.6 is 0 Å². The lowest BCUT2D eigenvalue weighted by Gasteiger charge is -2.46. The van der Waals surface area contributed by atoms with Gasteiger partial charge in [0, 0.05) is 6.42 Å². The molecule has 122 valence electrons. The van der Waals surface area contributed by atoms with Gasteiger partial charge in [0.15, 0.2) is 0 Å². The number of nitrogens with zero attached hydrogens (tertiary/aromatic N) is 1. The van der Waals surface area contributed by atoms with Gasteiger partial charge in [0.05, 0.1) is 18.6 Å². The summed E-state index contributed by atoms with van der Waals surface area (Å²) < 4.78 is 10.1. The van der Waals surface area contributed by atoms with Gasteiger partial charge in [-0.3, -0.25) is 9.59 Å². The van der Waals surface area contributed by atoms with E-state index in [2.05, 4.69) is 0 Å². The molecule has 2 saturated heterocycles. The maximum atomic E-state index is 12.5.